The van der Waals surface area contributed by atoms with Gasteiger partial charge >= 0.3 is 0 Å². The third kappa shape index (κ3) is 0.955. The first-order valence-electron chi connectivity index (χ1n) is 3.16. The van der Waals surface area contributed by atoms with Gasteiger partial charge in [-0.05, 0) is 15.5 Å². The molecular weight excluding hydrogens is 159 g/mol. The second-order valence-corrected chi connectivity index (χ2v) is 2.40. The van der Waals surface area contributed by atoms with Gasteiger partial charge in [-0.3, -0.25) is 0 Å². The van der Waals surface area contributed by atoms with Gasteiger partial charge in [-0.2, -0.15) is 5.10 Å². The Morgan fingerprint density at radius 2 is 2.45 bits per heavy atom. The van der Waals surface area contributed by atoms with E-state index < -0.39 is 0 Å². The lowest BCUT2D eigenvalue weighted by atomic mass is 10.4. The molecule has 5 heteroatoms. The molecular formula is C6H7N4P. The van der Waals surface area contributed by atoms with E-state index in [4.69, 9.17) is 0 Å². The van der Waals surface area contributed by atoms with Crippen LogP contribution in [-0.4, -0.2) is 14.6 Å². The van der Waals surface area contributed by atoms with Gasteiger partial charge in [0, 0.05) is 0 Å². The Bertz CT molecular complexity index is 369. The van der Waals surface area contributed by atoms with Crippen molar-refractivity contribution in [3.63, 3.8) is 0 Å². The normalized spacial score (nSPS) is 10.3. The first-order valence-corrected chi connectivity index (χ1v) is 3.73. The number of imidazole rings is 1. The molecule has 0 aliphatic carbocycles. The van der Waals surface area contributed by atoms with Crippen LogP contribution in [0.25, 0.3) is 5.52 Å². The van der Waals surface area contributed by atoms with Gasteiger partial charge in [-0.25, -0.2) is 9.50 Å². The van der Waals surface area contributed by atoms with Crippen LogP contribution in [0.4, 0.5) is 5.69 Å². The Morgan fingerprint density at radius 3 is 3.27 bits per heavy atom. The maximum atomic E-state index is 4.05. The zero-order chi connectivity index (χ0) is 7.68. The average molecular weight is 166 g/mol. The van der Waals surface area contributed by atoms with Crippen LogP contribution in [0.3, 0.4) is 0 Å². The smallest absolute Gasteiger partial charge is 0.117 e. The molecule has 2 aromatic heterocycles. The highest BCUT2D eigenvalue weighted by Crippen LogP contribution is 2.15. The molecule has 0 bridgehead atoms. The molecule has 4 nitrogen and oxygen atoms in total. The fourth-order valence-electron chi connectivity index (χ4n) is 0.961. The summed E-state index contributed by atoms with van der Waals surface area (Å²) < 4.78 is 1.71. The molecule has 56 valence electrons. The van der Waals surface area contributed by atoms with Crippen molar-refractivity contribution in [2.75, 3.05) is 5.09 Å². The number of rotatable bonds is 1. The van der Waals surface area contributed by atoms with Crippen LogP contribution in [0.2, 0.25) is 0 Å². The first-order chi connectivity index (χ1) is 5.42. The third-order valence-corrected chi connectivity index (χ3v) is 1.79. The Labute approximate surface area is 65.9 Å². The lowest BCUT2D eigenvalue weighted by Crippen LogP contribution is -1.90. The molecule has 1 atom stereocenters. The van der Waals surface area contributed by atoms with Gasteiger partial charge in [-0.1, -0.05) is 0 Å². The summed E-state index contributed by atoms with van der Waals surface area (Å²) in [5.41, 5.74) is 1.98. The van der Waals surface area contributed by atoms with E-state index >= 15 is 0 Å². The number of anilines is 1. The summed E-state index contributed by atoms with van der Waals surface area (Å²) in [6, 6.07) is 1.89. The van der Waals surface area contributed by atoms with E-state index in [0.29, 0.717) is 0 Å². The van der Waals surface area contributed by atoms with Crippen molar-refractivity contribution in [1.29, 1.82) is 0 Å². The monoisotopic (exact) mass is 166 g/mol. The predicted octanol–water partition coefficient (Wildman–Crippen LogP) is 0.931. The number of hydrogen-bond donors (Lipinski definition) is 1. The van der Waals surface area contributed by atoms with Crippen molar-refractivity contribution in [3.8, 4) is 0 Å². The van der Waals surface area contributed by atoms with Crippen LogP contribution < -0.4 is 5.09 Å². The molecule has 0 radical (unpaired) electrons. The largest absolute Gasteiger partial charge is 0.368 e. The van der Waals surface area contributed by atoms with E-state index in [1.807, 2.05) is 6.07 Å². The van der Waals surface area contributed by atoms with Crippen LogP contribution in [0, 0.1) is 0 Å². The van der Waals surface area contributed by atoms with Crippen LogP contribution in [-0.2, 0) is 0 Å². The highest BCUT2D eigenvalue weighted by Gasteiger charge is 1.97. The van der Waals surface area contributed by atoms with Crippen LogP contribution >= 0.6 is 9.39 Å². The summed E-state index contributed by atoms with van der Waals surface area (Å²) in [7, 11) is 2.44. The minimum Gasteiger partial charge on any atom is -0.368 e. The minimum atomic E-state index is 0.975. The van der Waals surface area contributed by atoms with Gasteiger partial charge in [0.1, 0.15) is 11.8 Å². The summed E-state index contributed by atoms with van der Waals surface area (Å²) >= 11 is 0. The van der Waals surface area contributed by atoms with Crippen LogP contribution in [0.15, 0.2) is 24.8 Å². The number of hydrogen-bond acceptors (Lipinski definition) is 3. The average Bonchev–Trinajstić information content (AvgIpc) is 2.50. The Balaban J connectivity index is 2.79. The molecule has 0 fully saturated rings. The maximum absolute atomic E-state index is 4.05. The summed E-state index contributed by atoms with van der Waals surface area (Å²) in [6.45, 7) is 0. The van der Waals surface area contributed by atoms with E-state index in [1.54, 1.807) is 23.2 Å². The zero-order valence-electron chi connectivity index (χ0n) is 5.73. The molecule has 2 rings (SSSR count). The third-order valence-electron chi connectivity index (χ3n) is 1.48. The molecule has 2 aromatic rings. The molecule has 0 aromatic carbocycles. The van der Waals surface area contributed by atoms with Crippen LogP contribution in [0.5, 0.6) is 0 Å². The predicted molar refractivity (Wildman–Crippen MR) is 46.3 cm³/mol. The molecule has 0 aliphatic heterocycles. The topological polar surface area (TPSA) is 42.2 Å². The maximum Gasteiger partial charge on any atom is 0.117 e. The van der Waals surface area contributed by atoms with E-state index in [1.165, 1.54) is 0 Å². The van der Waals surface area contributed by atoms with E-state index in [-0.39, 0.29) is 0 Å². The van der Waals surface area contributed by atoms with Gasteiger partial charge in [0.15, 0.2) is 0 Å². The van der Waals surface area contributed by atoms with Crippen molar-refractivity contribution in [2.45, 2.75) is 0 Å². The Hall–Kier alpha value is -1.15. The standard InChI is InChI=1S/C6H7N4P/c11-9-5-1-2-8-10-4-7-3-6(5)10/h1-4,9H,11H2. The summed E-state index contributed by atoms with van der Waals surface area (Å²) in [5, 5.41) is 7.03. The van der Waals surface area contributed by atoms with Gasteiger partial charge in [0.25, 0.3) is 0 Å². The number of nitrogens with one attached hydrogen (secondary N) is 1. The van der Waals surface area contributed by atoms with Gasteiger partial charge < -0.3 is 5.09 Å². The summed E-state index contributed by atoms with van der Waals surface area (Å²) in [5.74, 6) is 0. The molecule has 0 spiro atoms. The number of fused-ring (bicyclic) bond motifs is 1. The highest BCUT2D eigenvalue weighted by molar-refractivity contribution is 7.18. The van der Waals surface area contributed by atoms with Crippen molar-refractivity contribution in [1.82, 2.24) is 14.6 Å². The van der Waals surface area contributed by atoms with Gasteiger partial charge in [0.05, 0.1) is 18.1 Å². The van der Waals surface area contributed by atoms with E-state index in [9.17, 15) is 0 Å². The number of aromatic nitrogens is 3. The SMILES string of the molecule is PNc1ccnn2cncc12. The van der Waals surface area contributed by atoms with Crippen molar-refractivity contribution in [3.05, 3.63) is 24.8 Å². The summed E-state index contributed by atoms with van der Waals surface area (Å²) in [6.07, 6.45) is 5.15. The molecule has 1 unspecified atom stereocenters. The van der Waals surface area contributed by atoms with E-state index in [2.05, 4.69) is 24.6 Å². The molecule has 0 saturated heterocycles. The highest BCUT2D eigenvalue weighted by atomic mass is 31.0. The molecule has 11 heavy (non-hydrogen) atoms. The summed E-state index contributed by atoms with van der Waals surface area (Å²) in [4.78, 5) is 3.96. The molecule has 0 amide bonds. The molecule has 1 N–H and O–H groups in total. The van der Waals surface area contributed by atoms with Crippen LogP contribution in [0.1, 0.15) is 0 Å². The Kier molecular flexibility index (Phi) is 1.47. The number of nitrogens with zero attached hydrogens (tertiary/aromatic N) is 3. The molecule has 0 aliphatic rings. The minimum absolute atomic E-state index is 0.975. The van der Waals surface area contributed by atoms with Crippen molar-refractivity contribution < 1.29 is 0 Å². The molecule has 2 heterocycles. The lowest BCUT2D eigenvalue weighted by molar-refractivity contribution is 0.928. The molecule has 0 saturated carbocycles. The second kappa shape index (κ2) is 2.47. The van der Waals surface area contributed by atoms with Crippen molar-refractivity contribution in [2.24, 2.45) is 0 Å². The fourth-order valence-corrected chi connectivity index (χ4v) is 1.20. The quantitative estimate of drug-likeness (QED) is 0.641. The first kappa shape index (κ1) is 6.55. The van der Waals surface area contributed by atoms with Crippen molar-refractivity contribution >= 4 is 20.6 Å². The lowest BCUT2D eigenvalue weighted by Gasteiger charge is -1.99. The second-order valence-electron chi connectivity index (χ2n) is 2.11. The van der Waals surface area contributed by atoms with Gasteiger partial charge in [-0.15, -0.1) is 0 Å². The Morgan fingerprint density at radius 1 is 1.55 bits per heavy atom. The fraction of sp³-hybridized carbons (Fsp3) is 0. The zero-order valence-corrected chi connectivity index (χ0v) is 6.88. The van der Waals surface area contributed by atoms with E-state index in [0.717, 1.165) is 11.2 Å². The van der Waals surface area contributed by atoms with Gasteiger partial charge in [0.2, 0.25) is 0 Å².